The fourth-order valence-electron chi connectivity index (χ4n) is 1.67. The first kappa shape index (κ1) is 16.2. The largest absolute Gasteiger partial charge is 0.352 e. The van der Waals surface area contributed by atoms with Crippen LogP contribution in [0, 0.1) is 0 Å². The summed E-state index contributed by atoms with van der Waals surface area (Å²) in [5.74, 6) is -0.240. The summed E-state index contributed by atoms with van der Waals surface area (Å²) in [6, 6.07) is 3.77. The predicted octanol–water partition coefficient (Wildman–Crippen LogP) is 2.89. The molecular weight excluding hydrogens is 328 g/mol. The quantitative estimate of drug-likeness (QED) is 0.860. The van der Waals surface area contributed by atoms with E-state index >= 15 is 0 Å². The van der Waals surface area contributed by atoms with E-state index in [0.29, 0.717) is 4.88 Å². The zero-order valence-electron chi connectivity index (χ0n) is 11.4. The number of thiophene rings is 1. The zero-order valence-corrected chi connectivity index (χ0v) is 13.8. The lowest BCUT2D eigenvalue weighted by Gasteiger charge is -2.19. The van der Waals surface area contributed by atoms with Crippen LogP contribution in [0.25, 0.3) is 0 Å². The normalized spacial score (nSPS) is 10.6. The highest BCUT2D eigenvalue weighted by Crippen LogP contribution is 2.22. The van der Waals surface area contributed by atoms with Gasteiger partial charge in [-0.15, -0.1) is 11.3 Å². The Balaban J connectivity index is 2.52. The van der Waals surface area contributed by atoms with Crippen LogP contribution in [-0.4, -0.2) is 36.3 Å². The van der Waals surface area contributed by atoms with Gasteiger partial charge in [0, 0.05) is 13.1 Å². The van der Waals surface area contributed by atoms with Crippen molar-refractivity contribution in [1.29, 1.82) is 0 Å². The third kappa shape index (κ3) is 4.95. The zero-order chi connectivity index (χ0) is 14.4. The van der Waals surface area contributed by atoms with Crippen molar-refractivity contribution < 1.29 is 9.59 Å². The summed E-state index contributed by atoms with van der Waals surface area (Å²) < 4.78 is 0.908. The molecule has 0 atom stereocenters. The molecule has 106 valence electrons. The van der Waals surface area contributed by atoms with Crippen molar-refractivity contribution in [2.45, 2.75) is 32.7 Å². The molecule has 0 aromatic carbocycles. The van der Waals surface area contributed by atoms with E-state index in [4.69, 9.17) is 0 Å². The van der Waals surface area contributed by atoms with Gasteiger partial charge in [0.15, 0.2) is 0 Å². The summed E-state index contributed by atoms with van der Waals surface area (Å²) in [6.45, 7) is 4.16. The summed E-state index contributed by atoms with van der Waals surface area (Å²) in [5.41, 5.74) is 0. The molecule has 0 fully saturated rings. The molecule has 0 aliphatic rings. The van der Waals surface area contributed by atoms with E-state index in [1.54, 1.807) is 13.1 Å². The topological polar surface area (TPSA) is 49.4 Å². The number of hydrogen-bond donors (Lipinski definition) is 1. The van der Waals surface area contributed by atoms with Crippen LogP contribution in [0.5, 0.6) is 0 Å². The van der Waals surface area contributed by atoms with Crippen LogP contribution in [0.15, 0.2) is 15.9 Å². The SMILES string of the molecule is CCC(CC)NC(=O)CN(C)C(=O)c1ccc(Br)s1. The third-order valence-electron chi connectivity index (χ3n) is 2.86. The number of halogens is 1. The minimum Gasteiger partial charge on any atom is -0.352 e. The molecule has 2 amide bonds. The van der Waals surface area contributed by atoms with E-state index in [-0.39, 0.29) is 24.4 Å². The van der Waals surface area contributed by atoms with Crippen LogP contribution >= 0.6 is 27.3 Å². The molecule has 1 rings (SSSR count). The summed E-state index contributed by atoms with van der Waals surface area (Å²) >= 11 is 4.69. The standard InChI is InChI=1S/C13H19BrN2O2S/c1-4-9(5-2)15-12(17)8-16(3)13(18)10-6-7-11(14)19-10/h6-7,9H,4-5,8H2,1-3H3,(H,15,17). The second-order valence-electron chi connectivity index (χ2n) is 4.35. The molecule has 0 bridgehead atoms. The molecule has 1 N–H and O–H groups in total. The molecule has 0 saturated carbocycles. The Bertz CT molecular complexity index is 444. The third-order valence-corrected chi connectivity index (χ3v) is 4.47. The van der Waals surface area contributed by atoms with Crippen molar-refractivity contribution in [2.24, 2.45) is 0 Å². The lowest BCUT2D eigenvalue weighted by molar-refractivity contribution is -0.122. The van der Waals surface area contributed by atoms with E-state index in [1.165, 1.54) is 16.2 Å². The van der Waals surface area contributed by atoms with Crippen LogP contribution in [0.2, 0.25) is 0 Å². The van der Waals surface area contributed by atoms with Crippen molar-refractivity contribution in [3.63, 3.8) is 0 Å². The van der Waals surface area contributed by atoms with E-state index in [2.05, 4.69) is 21.2 Å². The Hall–Kier alpha value is -0.880. The highest BCUT2D eigenvalue weighted by molar-refractivity contribution is 9.11. The van der Waals surface area contributed by atoms with Gasteiger partial charge < -0.3 is 10.2 Å². The van der Waals surface area contributed by atoms with Gasteiger partial charge >= 0.3 is 0 Å². The number of nitrogens with zero attached hydrogens (tertiary/aromatic N) is 1. The molecule has 6 heteroatoms. The second-order valence-corrected chi connectivity index (χ2v) is 6.81. The van der Waals surface area contributed by atoms with Gasteiger partial charge in [0.2, 0.25) is 5.91 Å². The molecule has 0 saturated heterocycles. The monoisotopic (exact) mass is 346 g/mol. The molecule has 0 aliphatic heterocycles. The van der Waals surface area contributed by atoms with Crippen molar-refractivity contribution in [2.75, 3.05) is 13.6 Å². The fraction of sp³-hybridized carbons (Fsp3) is 0.538. The maximum absolute atomic E-state index is 12.1. The Morgan fingerprint density at radius 3 is 2.47 bits per heavy atom. The van der Waals surface area contributed by atoms with Crippen LogP contribution in [-0.2, 0) is 4.79 Å². The number of carbonyl (C=O) groups is 2. The Morgan fingerprint density at radius 1 is 1.37 bits per heavy atom. The molecule has 4 nitrogen and oxygen atoms in total. The molecule has 1 aromatic rings. The number of likely N-dealkylation sites (N-methyl/N-ethyl adjacent to an activating group) is 1. The van der Waals surface area contributed by atoms with E-state index in [1.807, 2.05) is 19.9 Å². The van der Waals surface area contributed by atoms with Crippen LogP contribution in [0.3, 0.4) is 0 Å². The van der Waals surface area contributed by atoms with Gasteiger partial charge in [-0.2, -0.15) is 0 Å². The Kier molecular flexibility index (Phi) is 6.51. The van der Waals surface area contributed by atoms with Crippen molar-refractivity contribution in [1.82, 2.24) is 10.2 Å². The summed E-state index contributed by atoms with van der Waals surface area (Å²) in [6.07, 6.45) is 1.80. The van der Waals surface area contributed by atoms with Gasteiger partial charge in [-0.25, -0.2) is 0 Å². The van der Waals surface area contributed by atoms with Gasteiger partial charge in [0.25, 0.3) is 5.91 Å². The summed E-state index contributed by atoms with van der Waals surface area (Å²) in [5, 5.41) is 2.92. The van der Waals surface area contributed by atoms with Crippen LogP contribution < -0.4 is 5.32 Å². The molecule has 0 unspecified atom stereocenters. The molecule has 0 spiro atoms. The molecule has 1 heterocycles. The Labute approximate surface area is 126 Å². The van der Waals surface area contributed by atoms with Gasteiger partial charge in [-0.3, -0.25) is 9.59 Å². The van der Waals surface area contributed by atoms with Gasteiger partial charge in [-0.05, 0) is 40.9 Å². The molecular formula is C13H19BrN2O2S. The van der Waals surface area contributed by atoms with Crippen LogP contribution in [0.4, 0.5) is 0 Å². The lowest BCUT2D eigenvalue weighted by atomic mass is 10.2. The molecule has 19 heavy (non-hydrogen) atoms. The minimum atomic E-state index is -0.129. The number of amides is 2. The smallest absolute Gasteiger partial charge is 0.264 e. The Morgan fingerprint density at radius 2 is 2.00 bits per heavy atom. The molecule has 0 aliphatic carbocycles. The number of hydrogen-bond acceptors (Lipinski definition) is 3. The van der Waals surface area contributed by atoms with Gasteiger partial charge in [0.1, 0.15) is 0 Å². The van der Waals surface area contributed by atoms with Gasteiger partial charge in [0.05, 0.1) is 15.2 Å². The average molecular weight is 347 g/mol. The van der Waals surface area contributed by atoms with Crippen LogP contribution in [0.1, 0.15) is 36.4 Å². The predicted molar refractivity (Wildman–Crippen MR) is 81.5 cm³/mol. The highest BCUT2D eigenvalue weighted by Gasteiger charge is 2.17. The van der Waals surface area contributed by atoms with Crippen molar-refractivity contribution >= 4 is 39.1 Å². The maximum atomic E-state index is 12.1. The first-order chi connectivity index (χ1) is 8.97. The van der Waals surface area contributed by atoms with E-state index < -0.39 is 0 Å². The minimum absolute atomic E-state index is 0.0881. The first-order valence-electron chi connectivity index (χ1n) is 6.28. The maximum Gasteiger partial charge on any atom is 0.264 e. The first-order valence-corrected chi connectivity index (χ1v) is 7.89. The molecule has 0 radical (unpaired) electrons. The van der Waals surface area contributed by atoms with Crippen molar-refractivity contribution in [3.05, 3.63) is 20.8 Å². The van der Waals surface area contributed by atoms with Gasteiger partial charge in [-0.1, -0.05) is 13.8 Å². The fourth-order valence-corrected chi connectivity index (χ4v) is 3.05. The average Bonchev–Trinajstić information content (AvgIpc) is 2.81. The summed E-state index contributed by atoms with van der Waals surface area (Å²) in [7, 11) is 1.64. The summed E-state index contributed by atoms with van der Waals surface area (Å²) in [4.78, 5) is 25.9. The van der Waals surface area contributed by atoms with E-state index in [9.17, 15) is 9.59 Å². The number of rotatable bonds is 6. The second kappa shape index (κ2) is 7.65. The highest BCUT2D eigenvalue weighted by atomic mass is 79.9. The lowest BCUT2D eigenvalue weighted by Crippen LogP contribution is -2.42. The van der Waals surface area contributed by atoms with E-state index in [0.717, 1.165) is 16.6 Å². The molecule has 1 aromatic heterocycles. The number of carbonyl (C=O) groups excluding carboxylic acids is 2. The number of nitrogens with one attached hydrogen (secondary N) is 1. The van der Waals surface area contributed by atoms with Crippen molar-refractivity contribution in [3.8, 4) is 0 Å².